The minimum absolute atomic E-state index is 0.0553. The lowest BCUT2D eigenvalue weighted by atomic mass is 10.2. The summed E-state index contributed by atoms with van der Waals surface area (Å²) in [6.07, 6.45) is 1.07. The molecule has 1 aromatic carbocycles. The van der Waals surface area contributed by atoms with E-state index in [0.29, 0.717) is 5.56 Å². The van der Waals surface area contributed by atoms with Gasteiger partial charge in [0.1, 0.15) is 5.75 Å². The van der Waals surface area contributed by atoms with Crippen LogP contribution in [0.3, 0.4) is 0 Å². The lowest BCUT2D eigenvalue weighted by Gasteiger charge is -2.03. The van der Waals surface area contributed by atoms with Gasteiger partial charge in [0.2, 0.25) is 9.84 Å². The Bertz CT molecular complexity index is 698. The van der Waals surface area contributed by atoms with E-state index in [1.165, 1.54) is 36.4 Å². The van der Waals surface area contributed by atoms with Gasteiger partial charge < -0.3 is 5.11 Å². The van der Waals surface area contributed by atoms with E-state index < -0.39 is 9.84 Å². The predicted molar refractivity (Wildman–Crippen MR) is 62.5 cm³/mol. The van der Waals surface area contributed by atoms with E-state index >= 15 is 0 Å². The monoisotopic (exact) mass is 260 g/mol. The Kier molecular flexibility index (Phi) is 3.00. The number of sulfone groups is 1. The van der Waals surface area contributed by atoms with E-state index in [0.717, 1.165) is 6.20 Å². The fourth-order valence-electron chi connectivity index (χ4n) is 1.36. The summed E-state index contributed by atoms with van der Waals surface area (Å²) in [5.74, 6) is -0.103. The Morgan fingerprint density at radius 1 is 1.11 bits per heavy atom. The van der Waals surface area contributed by atoms with Crippen molar-refractivity contribution in [2.75, 3.05) is 0 Å². The molecule has 1 heterocycles. The van der Waals surface area contributed by atoms with Crippen molar-refractivity contribution in [3.05, 3.63) is 48.2 Å². The van der Waals surface area contributed by atoms with E-state index in [9.17, 15) is 8.42 Å². The Morgan fingerprint density at radius 2 is 1.78 bits per heavy atom. The highest BCUT2D eigenvalue weighted by Crippen LogP contribution is 2.20. The maximum absolute atomic E-state index is 12.1. The van der Waals surface area contributed by atoms with Crippen molar-refractivity contribution in [2.24, 2.45) is 0 Å². The average Bonchev–Trinajstić information content (AvgIpc) is 2.39. The largest absolute Gasteiger partial charge is 0.506 e. The van der Waals surface area contributed by atoms with Crippen molar-refractivity contribution in [2.45, 2.75) is 9.92 Å². The number of nitriles is 1. The summed E-state index contributed by atoms with van der Waals surface area (Å²) in [6, 6.07) is 9.93. The molecule has 0 bridgehead atoms. The molecule has 1 N–H and O–H groups in total. The molecule has 5 nitrogen and oxygen atoms in total. The SMILES string of the molecule is N#Cc1ccc(S(=O)(=O)c2ccc(O)cn2)cc1. The summed E-state index contributed by atoms with van der Waals surface area (Å²) in [7, 11) is -3.71. The van der Waals surface area contributed by atoms with E-state index in [4.69, 9.17) is 10.4 Å². The Hall–Kier alpha value is -2.39. The molecule has 0 aliphatic carbocycles. The lowest BCUT2D eigenvalue weighted by Crippen LogP contribution is -2.03. The van der Waals surface area contributed by atoms with E-state index in [2.05, 4.69) is 4.98 Å². The zero-order valence-corrected chi connectivity index (χ0v) is 9.92. The van der Waals surface area contributed by atoms with Gasteiger partial charge >= 0.3 is 0 Å². The van der Waals surface area contributed by atoms with Gasteiger partial charge in [-0.3, -0.25) is 0 Å². The molecule has 0 spiro atoms. The van der Waals surface area contributed by atoms with Crippen molar-refractivity contribution in [1.82, 2.24) is 4.98 Å². The van der Waals surface area contributed by atoms with Crippen molar-refractivity contribution >= 4 is 9.84 Å². The van der Waals surface area contributed by atoms with Crippen LogP contribution in [0.1, 0.15) is 5.56 Å². The number of rotatable bonds is 2. The number of benzene rings is 1. The molecule has 0 unspecified atom stereocenters. The van der Waals surface area contributed by atoms with Crippen molar-refractivity contribution in [3.63, 3.8) is 0 Å². The van der Waals surface area contributed by atoms with Gasteiger partial charge in [-0.2, -0.15) is 5.26 Å². The molecule has 18 heavy (non-hydrogen) atoms. The summed E-state index contributed by atoms with van der Waals surface area (Å²) < 4.78 is 24.2. The normalized spacial score (nSPS) is 10.8. The van der Waals surface area contributed by atoms with Crippen LogP contribution in [0.5, 0.6) is 5.75 Å². The highest BCUT2D eigenvalue weighted by molar-refractivity contribution is 7.91. The molecule has 0 saturated heterocycles. The molecular weight excluding hydrogens is 252 g/mol. The molecule has 90 valence electrons. The number of hydrogen-bond acceptors (Lipinski definition) is 5. The maximum Gasteiger partial charge on any atom is 0.223 e. The molecule has 2 rings (SSSR count). The molecule has 0 atom stereocenters. The van der Waals surface area contributed by atoms with E-state index in [1.807, 2.05) is 6.07 Å². The third-order valence-electron chi connectivity index (χ3n) is 2.29. The summed E-state index contributed by atoms with van der Waals surface area (Å²) in [5, 5.41) is 17.6. The topological polar surface area (TPSA) is 91.0 Å². The van der Waals surface area contributed by atoms with Crippen LogP contribution in [0.15, 0.2) is 52.5 Å². The second-order valence-corrected chi connectivity index (χ2v) is 5.39. The van der Waals surface area contributed by atoms with Crippen molar-refractivity contribution in [1.29, 1.82) is 5.26 Å². The van der Waals surface area contributed by atoms with Crippen LogP contribution in [0.4, 0.5) is 0 Å². The molecule has 0 aliphatic rings. The van der Waals surface area contributed by atoms with Gasteiger partial charge in [-0.15, -0.1) is 0 Å². The second-order valence-electron chi connectivity index (χ2n) is 3.49. The fourth-order valence-corrected chi connectivity index (χ4v) is 2.54. The third kappa shape index (κ3) is 2.17. The standard InChI is InChI=1S/C12H8N2O3S/c13-7-9-1-4-11(5-2-9)18(16,17)12-6-3-10(15)8-14-12/h1-6,8,15H. The molecule has 0 saturated carbocycles. The number of aromatic nitrogens is 1. The highest BCUT2D eigenvalue weighted by Gasteiger charge is 2.18. The van der Waals surface area contributed by atoms with Crippen molar-refractivity contribution in [3.8, 4) is 11.8 Å². The van der Waals surface area contributed by atoms with Gasteiger partial charge in [-0.05, 0) is 36.4 Å². The number of pyridine rings is 1. The fraction of sp³-hybridized carbons (Fsp3) is 0. The zero-order chi connectivity index (χ0) is 13.2. The third-order valence-corrected chi connectivity index (χ3v) is 3.97. The highest BCUT2D eigenvalue weighted by atomic mass is 32.2. The first-order chi connectivity index (χ1) is 8.54. The maximum atomic E-state index is 12.1. The second kappa shape index (κ2) is 4.47. The van der Waals surface area contributed by atoms with Gasteiger partial charge in [-0.25, -0.2) is 13.4 Å². The summed E-state index contributed by atoms with van der Waals surface area (Å²) in [6.45, 7) is 0. The molecule has 2 aromatic rings. The molecule has 0 aliphatic heterocycles. The van der Waals surface area contributed by atoms with Gasteiger partial charge in [0.15, 0.2) is 5.03 Å². The van der Waals surface area contributed by atoms with Crippen LogP contribution >= 0.6 is 0 Å². The summed E-state index contributed by atoms with van der Waals surface area (Å²) in [5.41, 5.74) is 0.382. The number of hydrogen-bond donors (Lipinski definition) is 1. The van der Waals surface area contributed by atoms with Crippen LogP contribution in [0.25, 0.3) is 0 Å². The zero-order valence-electron chi connectivity index (χ0n) is 9.11. The average molecular weight is 260 g/mol. The lowest BCUT2D eigenvalue weighted by molar-refractivity contribution is 0.471. The van der Waals surface area contributed by atoms with Gasteiger partial charge in [0, 0.05) is 0 Å². The quantitative estimate of drug-likeness (QED) is 0.883. The molecule has 6 heteroatoms. The molecule has 0 amide bonds. The van der Waals surface area contributed by atoms with Crippen LogP contribution < -0.4 is 0 Å². The first kappa shape index (κ1) is 12.1. The molecule has 0 fully saturated rings. The summed E-state index contributed by atoms with van der Waals surface area (Å²) in [4.78, 5) is 3.72. The number of nitrogens with zero attached hydrogens (tertiary/aromatic N) is 2. The van der Waals surface area contributed by atoms with Crippen LogP contribution in [-0.4, -0.2) is 18.5 Å². The Labute approximate surface area is 104 Å². The van der Waals surface area contributed by atoms with Gasteiger partial charge in [0.05, 0.1) is 22.7 Å². The van der Waals surface area contributed by atoms with Crippen LogP contribution in [-0.2, 0) is 9.84 Å². The van der Waals surface area contributed by atoms with Crippen LogP contribution in [0.2, 0.25) is 0 Å². The molecule has 1 aromatic heterocycles. The smallest absolute Gasteiger partial charge is 0.223 e. The van der Waals surface area contributed by atoms with E-state index in [-0.39, 0.29) is 15.7 Å². The molecular formula is C12H8N2O3S. The summed E-state index contributed by atoms with van der Waals surface area (Å²) >= 11 is 0. The van der Waals surface area contributed by atoms with Crippen molar-refractivity contribution < 1.29 is 13.5 Å². The Morgan fingerprint density at radius 3 is 2.28 bits per heavy atom. The van der Waals surface area contributed by atoms with E-state index in [1.54, 1.807) is 0 Å². The molecule has 0 radical (unpaired) electrons. The first-order valence-corrected chi connectivity index (χ1v) is 6.42. The predicted octanol–water partition coefficient (Wildman–Crippen LogP) is 1.49. The van der Waals surface area contributed by atoms with Crippen LogP contribution in [0, 0.1) is 11.3 Å². The number of aromatic hydroxyl groups is 1. The Balaban J connectivity index is 2.48. The minimum atomic E-state index is -3.71. The van der Waals surface area contributed by atoms with Gasteiger partial charge in [-0.1, -0.05) is 0 Å². The first-order valence-electron chi connectivity index (χ1n) is 4.94. The minimum Gasteiger partial charge on any atom is -0.506 e. The van der Waals surface area contributed by atoms with Gasteiger partial charge in [0.25, 0.3) is 0 Å².